The second-order valence-corrected chi connectivity index (χ2v) is 7.98. The van der Waals surface area contributed by atoms with Gasteiger partial charge in [0.15, 0.2) is 0 Å². The lowest BCUT2D eigenvalue weighted by molar-refractivity contribution is -0.137. The molecule has 2 amide bonds. The van der Waals surface area contributed by atoms with Crippen molar-refractivity contribution in [1.29, 1.82) is 0 Å². The van der Waals surface area contributed by atoms with Crippen LogP contribution in [0.5, 0.6) is 0 Å². The number of likely N-dealkylation sites (N-methyl/N-ethyl adjacent to an activating group) is 1. The Morgan fingerprint density at radius 2 is 1.83 bits per heavy atom. The van der Waals surface area contributed by atoms with E-state index in [1.54, 1.807) is 0 Å². The van der Waals surface area contributed by atoms with Crippen LogP contribution in [0.1, 0.15) is 12.5 Å². The van der Waals surface area contributed by atoms with E-state index in [1.165, 1.54) is 18.3 Å². The molecule has 0 saturated carbocycles. The number of nitrogens with zero attached hydrogens (tertiary/aromatic N) is 2. The lowest BCUT2D eigenvalue weighted by Gasteiger charge is -2.18. The minimum absolute atomic E-state index is 0.0587. The number of anilines is 2. The number of sulfonamides is 1. The normalized spacial score (nSPS) is 11.9. The topological polar surface area (TPSA) is 108 Å². The molecule has 1 aromatic carbocycles. The monoisotopic (exact) mass is 430 g/mol. The van der Waals surface area contributed by atoms with Crippen LogP contribution >= 0.6 is 0 Å². The van der Waals surface area contributed by atoms with Crippen molar-refractivity contribution in [1.82, 2.24) is 9.29 Å². The van der Waals surface area contributed by atoms with E-state index in [0.29, 0.717) is 6.07 Å². The van der Waals surface area contributed by atoms with Crippen LogP contribution in [0.2, 0.25) is 0 Å². The first-order valence-electron chi connectivity index (χ1n) is 8.06. The van der Waals surface area contributed by atoms with Crippen molar-refractivity contribution in [3.8, 4) is 0 Å². The SMILES string of the molecule is CC(=O)Nc1ccc(C(F)(F)F)cc1NC(=O)CN(C)S(=O)(=O)c1cccnc1. The Morgan fingerprint density at radius 3 is 2.38 bits per heavy atom. The second kappa shape index (κ2) is 8.57. The van der Waals surface area contributed by atoms with E-state index >= 15 is 0 Å². The van der Waals surface area contributed by atoms with Gasteiger partial charge in [0.05, 0.1) is 23.5 Å². The van der Waals surface area contributed by atoms with E-state index in [2.05, 4.69) is 15.6 Å². The lowest BCUT2D eigenvalue weighted by Crippen LogP contribution is -2.35. The fraction of sp³-hybridized carbons (Fsp3) is 0.235. The summed E-state index contributed by atoms with van der Waals surface area (Å²) in [4.78, 5) is 27.1. The lowest BCUT2D eigenvalue weighted by atomic mass is 10.1. The maximum atomic E-state index is 13.0. The Bertz CT molecular complexity index is 1010. The highest BCUT2D eigenvalue weighted by Crippen LogP contribution is 2.34. The van der Waals surface area contributed by atoms with Gasteiger partial charge in [-0.1, -0.05) is 0 Å². The highest BCUT2D eigenvalue weighted by molar-refractivity contribution is 7.89. The van der Waals surface area contributed by atoms with E-state index in [9.17, 15) is 31.2 Å². The van der Waals surface area contributed by atoms with Gasteiger partial charge < -0.3 is 10.6 Å². The molecule has 0 spiro atoms. The van der Waals surface area contributed by atoms with Crippen molar-refractivity contribution >= 4 is 33.2 Å². The fourth-order valence-electron chi connectivity index (χ4n) is 2.28. The Labute approximate surface area is 164 Å². The highest BCUT2D eigenvalue weighted by Gasteiger charge is 2.31. The molecule has 0 saturated heterocycles. The molecule has 29 heavy (non-hydrogen) atoms. The number of halogens is 3. The van der Waals surface area contributed by atoms with Gasteiger partial charge in [-0.15, -0.1) is 0 Å². The van der Waals surface area contributed by atoms with Gasteiger partial charge in [0.2, 0.25) is 21.8 Å². The maximum Gasteiger partial charge on any atom is 0.416 e. The van der Waals surface area contributed by atoms with Crippen LogP contribution in [-0.2, 0) is 25.8 Å². The third-order valence-electron chi connectivity index (χ3n) is 3.64. The zero-order chi connectivity index (χ0) is 21.8. The number of hydrogen-bond acceptors (Lipinski definition) is 5. The third-order valence-corrected chi connectivity index (χ3v) is 5.43. The van der Waals surface area contributed by atoms with Crippen molar-refractivity contribution in [2.45, 2.75) is 18.0 Å². The van der Waals surface area contributed by atoms with Gasteiger partial charge in [0.1, 0.15) is 4.90 Å². The van der Waals surface area contributed by atoms with Crippen LogP contribution in [0.4, 0.5) is 24.5 Å². The minimum Gasteiger partial charge on any atom is -0.325 e. The molecule has 0 radical (unpaired) electrons. The molecule has 2 rings (SSSR count). The van der Waals surface area contributed by atoms with E-state index in [1.807, 2.05) is 0 Å². The Balaban J connectivity index is 2.23. The van der Waals surface area contributed by atoms with Gasteiger partial charge in [-0.2, -0.15) is 17.5 Å². The third kappa shape index (κ3) is 5.74. The van der Waals surface area contributed by atoms with Crippen LogP contribution < -0.4 is 10.6 Å². The van der Waals surface area contributed by atoms with Gasteiger partial charge in [-0.25, -0.2) is 8.42 Å². The minimum atomic E-state index is -4.67. The summed E-state index contributed by atoms with van der Waals surface area (Å²) in [6, 6.07) is 5.09. The molecule has 8 nitrogen and oxygen atoms in total. The van der Waals surface area contributed by atoms with Crippen LogP contribution in [0.15, 0.2) is 47.6 Å². The molecule has 0 bridgehead atoms. The molecule has 1 heterocycles. The average molecular weight is 430 g/mol. The predicted molar refractivity (Wildman–Crippen MR) is 98.4 cm³/mol. The molecule has 0 aliphatic heterocycles. The van der Waals surface area contributed by atoms with E-state index < -0.39 is 40.1 Å². The number of amides is 2. The van der Waals surface area contributed by atoms with Gasteiger partial charge in [0, 0.05) is 26.4 Å². The summed E-state index contributed by atoms with van der Waals surface area (Å²) in [6.45, 7) is 0.477. The smallest absolute Gasteiger partial charge is 0.325 e. The van der Waals surface area contributed by atoms with Crippen molar-refractivity contribution in [3.63, 3.8) is 0 Å². The summed E-state index contributed by atoms with van der Waals surface area (Å²) in [5.74, 6) is -1.46. The standard InChI is InChI=1S/C17H17F3N4O4S/c1-11(25)22-14-6-5-12(17(18,19)20)8-15(14)23-16(26)10-24(2)29(27,28)13-4-3-7-21-9-13/h3-9H,10H2,1-2H3,(H,22,25)(H,23,26). The maximum absolute atomic E-state index is 13.0. The van der Waals surface area contributed by atoms with E-state index in [0.717, 1.165) is 36.6 Å². The van der Waals surface area contributed by atoms with Crippen molar-refractivity contribution < 1.29 is 31.2 Å². The van der Waals surface area contributed by atoms with Gasteiger partial charge >= 0.3 is 6.18 Å². The number of carbonyl (C=O) groups excluding carboxylic acids is 2. The summed E-state index contributed by atoms with van der Waals surface area (Å²) in [6.07, 6.45) is -2.19. The Hall–Kier alpha value is -2.99. The van der Waals surface area contributed by atoms with Gasteiger partial charge in [-0.3, -0.25) is 14.6 Å². The molecule has 2 aromatic rings. The molecule has 0 aliphatic rings. The number of benzene rings is 1. The quantitative estimate of drug-likeness (QED) is 0.731. The number of rotatable bonds is 6. The van der Waals surface area contributed by atoms with Crippen molar-refractivity contribution in [3.05, 3.63) is 48.3 Å². The summed E-state index contributed by atoms with van der Waals surface area (Å²) in [5, 5.41) is 4.51. The number of nitrogens with one attached hydrogen (secondary N) is 2. The molecular weight excluding hydrogens is 413 g/mol. The van der Waals surface area contributed by atoms with Crippen LogP contribution in [0.25, 0.3) is 0 Å². The first kappa shape index (κ1) is 22.3. The highest BCUT2D eigenvalue weighted by atomic mass is 32.2. The molecule has 2 N–H and O–H groups in total. The molecule has 0 atom stereocenters. The van der Waals surface area contributed by atoms with Crippen LogP contribution in [-0.4, -0.2) is 43.1 Å². The zero-order valence-electron chi connectivity index (χ0n) is 15.3. The molecule has 156 valence electrons. The molecule has 1 aromatic heterocycles. The fourth-order valence-corrected chi connectivity index (χ4v) is 3.37. The number of pyridine rings is 1. The van der Waals surface area contributed by atoms with E-state index in [-0.39, 0.29) is 16.3 Å². The summed E-state index contributed by atoms with van der Waals surface area (Å²) >= 11 is 0. The van der Waals surface area contributed by atoms with Crippen LogP contribution in [0, 0.1) is 0 Å². The molecule has 0 fully saturated rings. The zero-order valence-corrected chi connectivity index (χ0v) is 16.1. The number of aromatic nitrogens is 1. The first-order chi connectivity index (χ1) is 13.4. The predicted octanol–water partition coefficient (Wildman–Crippen LogP) is 2.32. The molecule has 0 aliphatic carbocycles. The molecule has 12 heteroatoms. The van der Waals surface area contributed by atoms with Crippen molar-refractivity contribution in [2.75, 3.05) is 24.2 Å². The number of hydrogen-bond donors (Lipinski definition) is 2. The number of alkyl halides is 3. The average Bonchev–Trinajstić information content (AvgIpc) is 2.62. The second-order valence-electron chi connectivity index (χ2n) is 5.94. The molecule has 0 unspecified atom stereocenters. The largest absolute Gasteiger partial charge is 0.416 e. The Morgan fingerprint density at radius 1 is 1.14 bits per heavy atom. The van der Waals surface area contributed by atoms with Crippen molar-refractivity contribution in [2.24, 2.45) is 0 Å². The Kier molecular flexibility index (Phi) is 6.59. The van der Waals surface area contributed by atoms with Gasteiger partial charge in [-0.05, 0) is 30.3 Å². The summed E-state index contributed by atoms with van der Waals surface area (Å²) < 4.78 is 64.4. The molecular formula is C17H17F3N4O4S. The summed E-state index contributed by atoms with van der Waals surface area (Å²) in [7, 11) is -2.88. The summed E-state index contributed by atoms with van der Waals surface area (Å²) in [5.41, 5.74) is -1.41. The van der Waals surface area contributed by atoms with E-state index in [4.69, 9.17) is 0 Å². The van der Waals surface area contributed by atoms with Crippen LogP contribution in [0.3, 0.4) is 0 Å². The van der Waals surface area contributed by atoms with Gasteiger partial charge in [0.25, 0.3) is 0 Å². The first-order valence-corrected chi connectivity index (χ1v) is 9.50. The number of carbonyl (C=O) groups is 2.